The first-order valence-electron chi connectivity index (χ1n) is 4.94. The lowest BCUT2D eigenvalue weighted by molar-refractivity contribution is -0.141. The molecule has 0 amide bonds. The number of nitrogens with zero attached hydrogens (tertiary/aromatic N) is 1. The Bertz CT molecular complexity index is 382. The van der Waals surface area contributed by atoms with E-state index in [0.29, 0.717) is 6.54 Å². The van der Waals surface area contributed by atoms with Crippen LogP contribution < -0.4 is 11.1 Å². The average Bonchev–Trinajstić information content (AvgIpc) is 2.26. The van der Waals surface area contributed by atoms with Gasteiger partial charge in [-0.1, -0.05) is 0 Å². The molecular weight excluding hydrogens is 235 g/mol. The smallest absolute Gasteiger partial charge is 0.396 e. The van der Waals surface area contributed by atoms with Gasteiger partial charge in [0.25, 0.3) is 0 Å². The molecule has 1 atom stereocenters. The molecule has 0 bridgehead atoms. The van der Waals surface area contributed by atoms with Crippen LogP contribution in [0.25, 0.3) is 0 Å². The molecule has 0 aliphatic carbocycles. The quantitative estimate of drug-likeness (QED) is 0.858. The van der Waals surface area contributed by atoms with Crippen LogP contribution in [0.5, 0.6) is 0 Å². The lowest BCUT2D eigenvalue weighted by atomic mass is 10.2. The summed E-state index contributed by atoms with van der Waals surface area (Å²) in [5.74, 6) is 0. The van der Waals surface area contributed by atoms with Gasteiger partial charge in [0, 0.05) is 13.7 Å². The third kappa shape index (κ3) is 3.77. The van der Waals surface area contributed by atoms with Gasteiger partial charge < -0.3 is 15.8 Å². The van der Waals surface area contributed by atoms with Crippen LogP contribution in [-0.2, 0) is 10.9 Å². The second kappa shape index (κ2) is 5.22. The minimum Gasteiger partial charge on any atom is -0.396 e. The number of methoxy groups -OCH3 is 1. The van der Waals surface area contributed by atoms with Gasteiger partial charge in [-0.3, -0.25) is 0 Å². The third-order valence-corrected chi connectivity index (χ3v) is 2.21. The lowest BCUT2D eigenvalue weighted by Crippen LogP contribution is -2.19. The van der Waals surface area contributed by atoms with Crippen molar-refractivity contribution >= 4 is 11.4 Å². The molecule has 1 rings (SSSR count). The van der Waals surface area contributed by atoms with Gasteiger partial charge in [0.05, 0.1) is 23.7 Å². The van der Waals surface area contributed by atoms with Crippen LogP contribution in [0.15, 0.2) is 12.3 Å². The van der Waals surface area contributed by atoms with Crippen LogP contribution in [0.3, 0.4) is 0 Å². The van der Waals surface area contributed by atoms with E-state index in [-0.39, 0.29) is 17.5 Å². The summed E-state index contributed by atoms with van der Waals surface area (Å²) in [5.41, 5.74) is 4.93. The first-order valence-corrected chi connectivity index (χ1v) is 4.94. The number of pyridine rings is 1. The second-order valence-electron chi connectivity index (χ2n) is 3.58. The van der Waals surface area contributed by atoms with Crippen LogP contribution in [0.1, 0.15) is 12.6 Å². The number of ether oxygens (including phenoxy) is 1. The molecular formula is C10H14F3N3O. The highest BCUT2D eigenvalue weighted by Crippen LogP contribution is 2.30. The number of alkyl halides is 3. The van der Waals surface area contributed by atoms with Crippen molar-refractivity contribution in [2.45, 2.75) is 19.2 Å². The Hall–Kier alpha value is -1.50. The number of nitrogens with one attached hydrogen (secondary N) is 1. The predicted octanol–water partition coefficient (Wildman–Crippen LogP) is 2.13. The molecule has 17 heavy (non-hydrogen) atoms. The van der Waals surface area contributed by atoms with Crippen LogP contribution in [0.4, 0.5) is 24.5 Å². The van der Waals surface area contributed by atoms with E-state index in [1.54, 1.807) is 6.92 Å². The number of anilines is 2. The molecule has 1 heterocycles. The summed E-state index contributed by atoms with van der Waals surface area (Å²) in [7, 11) is 1.52. The van der Waals surface area contributed by atoms with Crippen molar-refractivity contribution in [3.05, 3.63) is 18.0 Å². The Labute approximate surface area is 97.0 Å². The molecule has 0 aliphatic heterocycles. The number of aromatic nitrogens is 1. The molecule has 1 aromatic rings. The molecule has 0 saturated heterocycles. The molecule has 0 radical (unpaired) electrons. The zero-order chi connectivity index (χ0) is 13.1. The van der Waals surface area contributed by atoms with Gasteiger partial charge in [-0.25, -0.2) is 4.98 Å². The SMILES string of the molecule is COC(C)CNc1cc(C(F)(F)F)ncc1N. The van der Waals surface area contributed by atoms with E-state index in [1.807, 2.05) is 0 Å². The molecule has 7 heteroatoms. The Morgan fingerprint density at radius 1 is 1.53 bits per heavy atom. The second-order valence-corrected chi connectivity index (χ2v) is 3.58. The summed E-state index contributed by atoms with van der Waals surface area (Å²) in [6, 6.07) is 0.887. The Morgan fingerprint density at radius 2 is 2.18 bits per heavy atom. The van der Waals surface area contributed by atoms with Gasteiger partial charge >= 0.3 is 6.18 Å². The van der Waals surface area contributed by atoms with Crippen molar-refractivity contribution in [2.75, 3.05) is 24.7 Å². The number of nitrogen functional groups attached to an aromatic ring is 1. The highest BCUT2D eigenvalue weighted by molar-refractivity contribution is 5.65. The zero-order valence-corrected chi connectivity index (χ0v) is 9.51. The number of hydrogen-bond donors (Lipinski definition) is 2. The molecule has 4 nitrogen and oxygen atoms in total. The standard InChI is InChI=1S/C10H14F3N3O/c1-6(17-2)4-15-8-3-9(10(11,12)13)16-5-7(8)14/h3,5-6H,4,14H2,1-2H3,(H,15,16). The number of nitrogens with two attached hydrogens (primary N) is 1. The monoisotopic (exact) mass is 249 g/mol. The van der Waals surface area contributed by atoms with Crippen molar-refractivity contribution < 1.29 is 17.9 Å². The minimum atomic E-state index is -4.48. The third-order valence-electron chi connectivity index (χ3n) is 2.21. The van der Waals surface area contributed by atoms with Crippen LogP contribution in [0.2, 0.25) is 0 Å². The molecule has 96 valence electrons. The van der Waals surface area contributed by atoms with E-state index in [2.05, 4.69) is 10.3 Å². The normalized spacial score (nSPS) is 13.5. The Kier molecular flexibility index (Phi) is 4.17. The highest BCUT2D eigenvalue weighted by Gasteiger charge is 2.32. The fourth-order valence-electron chi connectivity index (χ4n) is 1.11. The molecule has 1 unspecified atom stereocenters. The summed E-state index contributed by atoms with van der Waals surface area (Å²) in [6.45, 7) is 2.15. The van der Waals surface area contributed by atoms with E-state index < -0.39 is 11.9 Å². The summed E-state index contributed by atoms with van der Waals surface area (Å²) >= 11 is 0. The molecule has 0 aromatic carbocycles. The maximum atomic E-state index is 12.4. The molecule has 0 fully saturated rings. The van der Waals surface area contributed by atoms with E-state index in [9.17, 15) is 13.2 Å². The van der Waals surface area contributed by atoms with Gasteiger partial charge in [-0.2, -0.15) is 13.2 Å². The van der Waals surface area contributed by atoms with Crippen molar-refractivity contribution in [1.82, 2.24) is 4.98 Å². The molecule has 0 aliphatic rings. The fourth-order valence-corrected chi connectivity index (χ4v) is 1.11. The first kappa shape index (κ1) is 13.6. The first-order chi connectivity index (χ1) is 7.84. The van der Waals surface area contributed by atoms with E-state index in [4.69, 9.17) is 10.5 Å². The van der Waals surface area contributed by atoms with E-state index in [1.165, 1.54) is 7.11 Å². The summed E-state index contributed by atoms with van der Waals surface area (Å²) in [6.07, 6.45) is -3.61. The fraction of sp³-hybridized carbons (Fsp3) is 0.500. The molecule has 1 aromatic heterocycles. The highest BCUT2D eigenvalue weighted by atomic mass is 19.4. The van der Waals surface area contributed by atoms with E-state index >= 15 is 0 Å². The molecule has 0 spiro atoms. The zero-order valence-electron chi connectivity index (χ0n) is 9.51. The summed E-state index contributed by atoms with van der Waals surface area (Å²) in [4.78, 5) is 3.24. The van der Waals surface area contributed by atoms with E-state index in [0.717, 1.165) is 12.3 Å². The maximum absolute atomic E-state index is 12.4. The van der Waals surface area contributed by atoms with Gasteiger partial charge in [-0.15, -0.1) is 0 Å². The minimum absolute atomic E-state index is 0.128. The van der Waals surface area contributed by atoms with Gasteiger partial charge in [-0.05, 0) is 13.0 Å². The van der Waals surface area contributed by atoms with Crippen LogP contribution in [0, 0.1) is 0 Å². The summed E-state index contributed by atoms with van der Waals surface area (Å²) in [5, 5.41) is 2.79. The van der Waals surface area contributed by atoms with Crippen molar-refractivity contribution in [3.8, 4) is 0 Å². The largest absolute Gasteiger partial charge is 0.433 e. The number of rotatable bonds is 4. The number of halogens is 3. The average molecular weight is 249 g/mol. The summed E-state index contributed by atoms with van der Waals surface area (Å²) < 4.78 is 42.2. The van der Waals surface area contributed by atoms with Gasteiger partial charge in [0.2, 0.25) is 0 Å². The molecule has 0 saturated carbocycles. The number of hydrogen-bond acceptors (Lipinski definition) is 4. The van der Waals surface area contributed by atoms with Crippen molar-refractivity contribution in [3.63, 3.8) is 0 Å². The van der Waals surface area contributed by atoms with Gasteiger partial charge in [0.15, 0.2) is 0 Å². The van der Waals surface area contributed by atoms with Crippen LogP contribution in [-0.4, -0.2) is 24.7 Å². The maximum Gasteiger partial charge on any atom is 0.433 e. The Morgan fingerprint density at radius 3 is 2.71 bits per heavy atom. The Balaban J connectivity index is 2.84. The van der Waals surface area contributed by atoms with Crippen molar-refractivity contribution in [1.29, 1.82) is 0 Å². The topological polar surface area (TPSA) is 60.2 Å². The van der Waals surface area contributed by atoms with Gasteiger partial charge in [0.1, 0.15) is 5.69 Å². The lowest BCUT2D eigenvalue weighted by Gasteiger charge is -2.15. The molecule has 3 N–H and O–H groups in total. The van der Waals surface area contributed by atoms with Crippen molar-refractivity contribution in [2.24, 2.45) is 0 Å². The van der Waals surface area contributed by atoms with Crippen LogP contribution >= 0.6 is 0 Å². The predicted molar refractivity (Wildman–Crippen MR) is 58.6 cm³/mol.